The van der Waals surface area contributed by atoms with Crippen LogP contribution in [0, 0.1) is 11.8 Å². The maximum atomic E-state index is 13.6. The predicted molar refractivity (Wildman–Crippen MR) is 81.9 cm³/mol. The van der Waals surface area contributed by atoms with Crippen LogP contribution >= 0.6 is 0 Å². The van der Waals surface area contributed by atoms with Crippen LogP contribution in [-0.4, -0.2) is 53.6 Å². The van der Waals surface area contributed by atoms with Crippen molar-refractivity contribution in [2.24, 2.45) is 11.8 Å². The summed E-state index contributed by atoms with van der Waals surface area (Å²) in [7, 11) is -2.68. The molecule has 0 radical (unpaired) electrons. The van der Waals surface area contributed by atoms with Gasteiger partial charge in [0.1, 0.15) is 0 Å². The molecule has 3 unspecified atom stereocenters. The number of halogens is 3. The van der Waals surface area contributed by atoms with Gasteiger partial charge in [0.25, 0.3) is 0 Å². The highest BCUT2D eigenvalue weighted by Crippen LogP contribution is 2.52. The molecule has 7 heteroatoms. The normalized spacial score (nSPS) is 33.3. The molecule has 0 bridgehead atoms. The highest BCUT2D eigenvalue weighted by atomic mass is 32.2. The van der Waals surface area contributed by atoms with Crippen LogP contribution in [0.3, 0.4) is 0 Å². The van der Waals surface area contributed by atoms with E-state index in [1.807, 2.05) is 6.92 Å². The highest BCUT2D eigenvalue weighted by Gasteiger charge is 2.60. The van der Waals surface area contributed by atoms with Crippen molar-refractivity contribution >= 4 is 9.93 Å². The van der Waals surface area contributed by atoms with Gasteiger partial charge in [-0.2, -0.15) is 13.2 Å². The summed E-state index contributed by atoms with van der Waals surface area (Å²) in [4.78, 5) is 0. The molecule has 0 aromatic heterocycles. The molecule has 132 valence electrons. The van der Waals surface area contributed by atoms with E-state index >= 15 is 0 Å². The molecule has 0 aromatic rings. The Morgan fingerprint density at radius 1 is 1.27 bits per heavy atom. The third-order valence-electron chi connectivity index (χ3n) is 5.25. The van der Waals surface area contributed by atoms with Crippen LogP contribution in [0.2, 0.25) is 0 Å². The van der Waals surface area contributed by atoms with Crippen molar-refractivity contribution in [1.29, 1.82) is 0 Å². The van der Waals surface area contributed by atoms with Gasteiger partial charge in [-0.05, 0) is 44.1 Å². The van der Waals surface area contributed by atoms with Gasteiger partial charge in [-0.3, -0.25) is 4.21 Å². The summed E-state index contributed by atoms with van der Waals surface area (Å²) in [5.41, 5.74) is 0. The van der Waals surface area contributed by atoms with Crippen molar-refractivity contribution in [3.8, 4) is 0 Å². The number of ether oxygens (including phenoxy) is 2. The van der Waals surface area contributed by atoms with Gasteiger partial charge in [0.2, 0.25) is 0 Å². The monoisotopic (exact) mass is 344 g/mol. The zero-order valence-corrected chi connectivity index (χ0v) is 14.4. The number of rotatable bonds is 5. The first kappa shape index (κ1) is 18.2. The van der Waals surface area contributed by atoms with Gasteiger partial charge in [0.05, 0.1) is 30.0 Å². The van der Waals surface area contributed by atoms with Gasteiger partial charge in [0.15, 0.2) is 0 Å². The topological polar surface area (TPSA) is 35.5 Å². The number of hydrogen-bond donors (Lipinski definition) is 1. The molecule has 0 N–H and O–H groups in total. The second-order valence-electron chi connectivity index (χ2n) is 7.01. The van der Waals surface area contributed by atoms with Crippen molar-refractivity contribution in [2.45, 2.75) is 49.6 Å². The minimum atomic E-state index is -4.28. The van der Waals surface area contributed by atoms with Gasteiger partial charge >= 0.3 is 6.18 Å². The lowest BCUT2D eigenvalue weighted by molar-refractivity contribution is -0.222. The molecule has 2 fully saturated rings. The molecule has 1 saturated heterocycles. The fourth-order valence-electron chi connectivity index (χ4n) is 3.81. The molecular formula is C15H27F3O3S. The van der Waals surface area contributed by atoms with E-state index in [1.54, 1.807) is 12.5 Å². The summed E-state index contributed by atoms with van der Waals surface area (Å²) in [6.45, 7) is 2.82. The first-order chi connectivity index (χ1) is 10.1. The Balaban J connectivity index is 2.21. The average molecular weight is 344 g/mol. The van der Waals surface area contributed by atoms with Gasteiger partial charge in [-0.25, -0.2) is 0 Å². The van der Waals surface area contributed by atoms with E-state index in [9.17, 15) is 17.4 Å². The molecule has 1 heterocycles. The molecule has 3 nitrogen and oxygen atoms in total. The zero-order chi connectivity index (χ0) is 16.6. The van der Waals surface area contributed by atoms with Crippen molar-refractivity contribution < 1.29 is 26.9 Å². The summed E-state index contributed by atoms with van der Waals surface area (Å²) in [5, 5.41) is 0. The fourth-order valence-corrected chi connectivity index (χ4v) is 5.72. The van der Waals surface area contributed by atoms with Crippen LogP contribution in [0.5, 0.6) is 0 Å². The van der Waals surface area contributed by atoms with Crippen molar-refractivity contribution in [2.75, 3.05) is 32.3 Å². The van der Waals surface area contributed by atoms with Crippen LogP contribution in [0.15, 0.2) is 0 Å². The number of hydrogen-bond acceptors (Lipinski definition) is 3. The van der Waals surface area contributed by atoms with E-state index in [4.69, 9.17) is 9.47 Å². The molecule has 1 aliphatic carbocycles. The summed E-state index contributed by atoms with van der Waals surface area (Å²) in [6, 6.07) is 0. The second kappa shape index (κ2) is 6.40. The fraction of sp³-hybridized carbons (Fsp3) is 1.00. The van der Waals surface area contributed by atoms with Crippen LogP contribution in [0.4, 0.5) is 13.2 Å². The lowest BCUT2D eigenvalue weighted by Gasteiger charge is -2.56. The van der Waals surface area contributed by atoms with E-state index in [0.717, 1.165) is 6.42 Å². The zero-order valence-electron chi connectivity index (χ0n) is 13.5. The maximum absolute atomic E-state index is 13.6. The highest BCUT2D eigenvalue weighted by molar-refractivity contribution is 8.03. The number of thiol groups is 1. The first-order valence-corrected chi connectivity index (χ1v) is 10.5. The Morgan fingerprint density at radius 2 is 1.91 bits per heavy atom. The van der Waals surface area contributed by atoms with Crippen LogP contribution in [0.1, 0.15) is 32.6 Å². The molecule has 2 aliphatic rings. The molecular weight excluding hydrogens is 317 g/mol. The average Bonchev–Trinajstić information content (AvgIpc) is 2.33. The van der Waals surface area contributed by atoms with Gasteiger partial charge in [0, 0.05) is 6.61 Å². The molecule has 0 amide bonds. The summed E-state index contributed by atoms with van der Waals surface area (Å²) in [6.07, 6.45) is 0.381. The minimum Gasteiger partial charge on any atom is -0.378 e. The Morgan fingerprint density at radius 3 is 2.32 bits per heavy atom. The van der Waals surface area contributed by atoms with Crippen molar-refractivity contribution in [1.82, 2.24) is 0 Å². The van der Waals surface area contributed by atoms with Gasteiger partial charge in [-0.1, -0.05) is 16.9 Å². The SMILES string of the molecule is CCCOC1CCC(C2([SH](C)(C)=O)COC2)C(C(F)(F)F)C1. The lowest BCUT2D eigenvalue weighted by atomic mass is 9.69. The minimum absolute atomic E-state index is 0.0179. The Bertz CT molecular complexity index is 428. The summed E-state index contributed by atoms with van der Waals surface area (Å²) in [5.74, 6) is -2.07. The molecule has 22 heavy (non-hydrogen) atoms. The van der Waals surface area contributed by atoms with E-state index in [1.165, 1.54) is 0 Å². The first-order valence-electron chi connectivity index (χ1n) is 7.93. The van der Waals surface area contributed by atoms with Gasteiger partial charge in [-0.15, -0.1) is 0 Å². The van der Waals surface area contributed by atoms with Crippen LogP contribution in [-0.2, 0) is 19.4 Å². The largest absolute Gasteiger partial charge is 0.392 e. The molecule has 2 rings (SSSR count). The second-order valence-corrected chi connectivity index (χ2v) is 10.6. The third-order valence-corrected chi connectivity index (χ3v) is 7.98. The summed E-state index contributed by atoms with van der Waals surface area (Å²) >= 11 is 0. The van der Waals surface area contributed by atoms with E-state index in [0.29, 0.717) is 19.4 Å². The quantitative estimate of drug-likeness (QED) is 0.779. The van der Waals surface area contributed by atoms with Crippen LogP contribution < -0.4 is 0 Å². The molecule has 0 spiro atoms. The molecule has 0 aromatic carbocycles. The van der Waals surface area contributed by atoms with Gasteiger partial charge < -0.3 is 9.47 Å². The molecule has 1 aliphatic heterocycles. The van der Waals surface area contributed by atoms with Crippen molar-refractivity contribution in [3.63, 3.8) is 0 Å². The van der Waals surface area contributed by atoms with E-state index in [-0.39, 0.29) is 25.7 Å². The van der Waals surface area contributed by atoms with Crippen molar-refractivity contribution in [3.05, 3.63) is 0 Å². The smallest absolute Gasteiger partial charge is 0.378 e. The van der Waals surface area contributed by atoms with Crippen LogP contribution in [0.25, 0.3) is 0 Å². The Labute approximate surface area is 131 Å². The Hall–Kier alpha value is -0.140. The summed E-state index contributed by atoms with van der Waals surface area (Å²) < 4.78 is 63.4. The standard InChI is InChI=1S/C15H27F3O3S/c1-4-7-21-11-5-6-12(13(8-11)15(16,17)18)14(9-20-10-14)22(2,3)19/h11-13,22H,4-10H2,1-3H3. The van der Waals surface area contributed by atoms with E-state index < -0.39 is 32.7 Å². The molecule has 1 saturated carbocycles. The Kier molecular flexibility index (Phi) is 5.29. The predicted octanol–water partition coefficient (Wildman–Crippen LogP) is 2.81. The lowest BCUT2D eigenvalue weighted by Crippen LogP contribution is -2.66. The molecule has 3 atom stereocenters. The maximum Gasteiger partial charge on any atom is 0.392 e. The van der Waals surface area contributed by atoms with E-state index in [2.05, 4.69) is 0 Å². The third kappa shape index (κ3) is 3.36. The number of alkyl halides is 3.